The first kappa shape index (κ1) is 16.1. The van der Waals surface area contributed by atoms with Crippen molar-refractivity contribution in [1.29, 1.82) is 0 Å². The Labute approximate surface area is 143 Å². The van der Waals surface area contributed by atoms with Gasteiger partial charge in [0.1, 0.15) is 5.75 Å². The Bertz CT molecular complexity index is 885. The highest BCUT2D eigenvalue weighted by Crippen LogP contribution is 2.26. The maximum atomic E-state index is 12.3. The Morgan fingerprint density at radius 2 is 2.00 bits per heavy atom. The number of hydrogen-bond acceptors (Lipinski definition) is 5. The molecule has 0 aliphatic rings. The number of methoxy groups -OCH3 is 1. The van der Waals surface area contributed by atoms with E-state index in [9.17, 15) is 9.59 Å². The molecular weight excluding hydrogens is 324 g/mol. The van der Waals surface area contributed by atoms with E-state index in [-0.39, 0.29) is 18.1 Å². The lowest BCUT2D eigenvalue weighted by Gasteiger charge is -2.09. The predicted molar refractivity (Wildman–Crippen MR) is 95.0 cm³/mol. The number of benzene rings is 2. The number of para-hydroxylation sites is 1. The van der Waals surface area contributed by atoms with E-state index in [2.05, 4.69) is 10.3 Å². The fraction of sp³-hybridized carbons (Fsp3) is 0.167. The van der Waals surface area contributed by atoms with E-state index in [4.69, 9.17) is 4.74 Å². The van der Waals surface area contributed by atoms with Gasteiger partial charge in [-0.05, 0) is 37.3 Å². The number of ketones is 1. The first-order chi connectivity index (χ1) is 11.6. The van der Waals surface area contributed by atoms with Gasteiger partial charge in [-0.25, -0.2) is 4.98 Å². The highest BCUT2D eigenvalue weighted by molar-refractivity contribution is 7.22. The van der Waals surface area contributed by atoms with Crippen LogP contribution in [0.1, 0.15) is 22.8 Å². The number of rotatable bonds is 5. The van der Waals surface area contributed by atoms with Gasteiger partial charge < -0.3 is 10.1 Å². The third-order valence-electron chi connectivity index (χ3n) is 3.58. The minimum atomic E-state index is -0.201. The summed E-state index contributed by atoms with van der Waals surface area (Å²) in [4.78, 5) is 28.2. The second-order valence-electron chi connectivity index (χ2n) is 5.29. The van der Waals surface area contributed by atoms with Gasteiger partial charge in [-0.1, -0.05) is 23.5 Å². The van der Waals surface area contributed by atoms with E-state index in [1.807, 2.05) is 24.3 Å². The molecule has 0 radical (unpaired) electrons. The van der Waals surface area contributed by atoms with Gasteiger partial charge in [0.05, 0.1) is 23.7 Å². The Balaban J connectivity index is 1.78. The Morgan fingerprint density at radius 1 is 1.21 bits per heavy atom. The van der Waals surface area contributed by atoms with Crippen LogP contribution < -0.4 is 10.1 Å². The zero-order chi connectivity index (χ0) is 17.1. The number of thiazole rings is 1. The molecule has 0 saturated carbocycles. The van der Waals surface area contributed by atoms with Crippen LogP contribution in [0.4, 0.5) is 5.13 Å². The van der Waals surface area contributed by atoms with E-state index in [0.29, 0.717) is 22.0 Å². The summed E-state index contributed by atoms with van der Waals surface area (Å²) in [5, 5.41) is 3.37. The van der Waals surface area contributed by atoms with Gasteiger partial charge >= 0.3 is 0 Å². The molecule has 0 aliphatic heterocycles. The van der Waals surface area contributed by atoms with E-state index < -0.39 is 0 Å². The number of carbonyl (C=O) groups is 2. The molecule has 1 heterocycles. The van der Waals surface area contributed by atoms with Crippen molar-refractivity contribution in [1.82, 2.24) is 4.98 Å². The Kier molecular flexibility index (Phi) is 4.57. The average Bonchev–Trinajstić information content (AvgIpc) is 2.96. The summed E-state index contributed by atoms with van der Waals surface area (Å²) in [5.74, 6) is 0.331. The van der Waals surface area contributed by atoms with E-state index in [1.54, 1.807) is 18.2 Å². The van der Waals surface area contributed by atoms with Gasteiger partial charge in [-0.15, -0.1) is 0 Å². The quantitative estimate of drug-likeness (QED) is 0.719. The van der Waals surface area contributed by atoms with Gasteiger partial charge in [-0.2, -0.15) is 0 Å². The lowest BCUT2D eigenvalue weighted by atomic mass is 10.0. The summed E-state index contributed by atoms with van der Waals surface area (Å²) in [7, 11) is 1.54. The zero-order valence-electron chi connectivity index (χ0n) is 13.3. The van der Waals surface area contributed by atoms with Crippen LogP contribution in [0.15, 0.2) is 42.5 Å². The van der Waals surface area contributed by atoms with Crippen LogP contribution in [0.25, 0.3) is 10.2 Å². The van der Waals surface area contributed by atoms with E-state index in [1.165, 1.54) is 25.4 Å². The number of Topliss-reactive ketones (excluding diaryl/α,β-unsaturated/α-hetero) is 1. The standard InChI is InChI=1S/C18H16N2O3S/c1-11(21)12-7-8-15(23-2)13(9-12)10-17(22)20-18-19-14-5-3-4-6-16(14)24-18/h3-9H,10H2,1-2H3,(H,19,20,22). The van der Waals surface area contributed by atoms with Crippen LogP contribution in [0, 0.1) is 0 Å². The molecule has 5 nitrogen and oxygen atoms in total. The van der Waals surface area contributed by atoms with Gasteiger partial charge in [0.25, 0.3) is 0 Å². The van der Waals surface area contributed by atoms with Crippen LogP contribution in [0.3, 0.4) is 0 Å². The smallest absolute Gasteiger partial charge is 0.230 e. The minimum absolute atomic E-state index is 0.0505. The maximum absolute atomic E-state index is 12.3. The first-order valence-electron chi connectivity index (χ1n) is 7.40. The van der Waals surface area contributed by atoms with Crippen LogP contribution >= 0.6 is 11.3 Å². The van der Waals surface area contributed by atoms with E-state index in [0.717, 1.165) is 10.2 Å². The van der Waals surface area contributed by atoms with Gasteiger partial charge in [0.15, 0.2) is 10.9 Å². The molecule has 2 aromatic carbocycles. The number of aromatic nitrogens is 1. The SMILES string of the molecule is COc1ccc(C(C)=O)cc1CC(=O)Nc1nc2ccccc2s1. The van der Waals surface area contributed by atoms with Crippen LogP contribution in [0.5, 0.6) is 5.75 Å². The molecule has 3 rings (SSSR count). The molecule has 0 aliphatic carbocycles. The van der Waals surface area contributed by atoms with Crippen LogP contribution in [0.2, 0.25) is 0 Å². The largest absolute Gasteiger partial charge is 0.496 e. The summed E-state index contributed by atoms with van der Waals surface area (Å²) in [6, 6.07) is 12.8. The normalized spacial score (nSPS) is 10.6. The zero-order valence-corrected chi connectivity index (χ0v) is 14.1. The lowest BCUT2D eigenvalue weighted by molar-refractivity contribution is -0.115. The predicted octanol–water partition coefficient (Wildman–Crippen LogP) is 3.69. The summed E-state index contributed by atoms with van der Waals surface area (Å²) >= 11 is 1.43. The van der Waals surface area contributed by atoms with Crippen LogP contribution in [-0.2, 0) is 11.2 Å². The number of amides is 1. The van der Waals surface area contributed by atoms with Crippen molar-refractivity contribution in [3.05, 3.63) is 53.6 Å². The molecule has 0 fully saturated rings. The third-order valence-corrected chi connectivity index (χ3v) is 4.53. The van der Waals surface area contributed by atoms with Crippen molar-refractivity contribution in [2.24, 2.45) is 0 Å². The summed E-state index contributed by atoms with van der Waals surface area (Å²) in [5.41, 5.74) is 2.08. The molecule has 1 aromatic heterocycles. The fourth-order valence-electron chi connectivity index (χ4n) is 2.40. The second-order valence-corrected chi connectivity index (χ2v) is 6.33. The van der Waals surface area contributed by atoms with Crippen molar-refractivity contribution in [2.45, 2.75) is 13.3 Å². The molecule has 0 saturated heterocycles. The summed E-state index contributed by atoms with van der Waals surface area (Å²) in [6.07, 6.45) is 0.111. The van der Waals surface area contributed by atoms with E-state index >= 15 is 0 Å². The molecule has 6 heteroatoms. The van der Waals surface area contributed by atoms with Crippen molar-refractivity contribution >= 4 is 38.4 Å². The highest BCUT2D eigenvalue weighted by Gasteiger charge is 2.13. The molecule has 0 bridgehead atoms. The molecule has 122 valence electrons. The average molecular weight is 340 g/mol. The summed E-state index contributed by atoms with van der Waals surface area (Å²) in [6.45, 7) is 1.49. The molecule has 1 N–H and O–H groups in total. The third kappa shape index (κ3) is 3.44. The van der Waals surface area contributed by atoms with Crippen molar-refractivity contribution in [3.8, 4) is 5.75 Å². The topological polar surface area (TPSA) is 68.3 Å². The number of hydrogen-bond donors (Lipinski definition) is 1. The molecule has 0 atom stereocenters. The number of carbonyl (C=O) groups excluding carboxylic acids is 2. The number of nitrogens with one attached hydrogen (secondary N) is 1. The van der Waals surface area contributed by atoms with Crippen molar-refractivity contribution in [3.63, 3.8) is 0 Å². The fourth-order valence-corrected chi connectivity index (χ4v) is 3.28. The summed E-state index contributed by atoms with van der Waals surface area (Å²) < 4.78 is 6.29. The van der Waals surface area contributed by atoms with Gasteiger partial charge in [0.2, 0.25) is 5.91 Å². The Hall–Kier alpha value is -2.73. The number of ether oxygens (including phenoxy) is 1. The molecule has 0 spiro atoms. The molecule has 24 heavy (non-hydrogen) atoms. The first-order valence-corrected chi connectivity index (χ1v) is 8.22. The van der Waals surface area contributed by atoms with Crippen molar-refractivity contribution < 1.29 is 14.3 Å². The van der Waals surface area contributed by atoms with Crippen molar-refractivity contribution in [2.75, 3.05) is 12.4 Å². The second kappa shape index (κ2) is 6.80. The molecule has 3 aromatic rings. The van der Waals surface area contributed by atoms with Crippen LogP contribution in [-0.4, -0.2) is 23.8 Å². The number of anilines is 1. The monoisotopic (exact) mass is 340 g/mol. The number of fused-ring (bicyclic) bond motifs is 1. The molecular formula is C18H16N2O3S. The highest BCUT2D eigenvalue weighted by atomic mass is 32.1. The lowest BCUT2D eigenvalue weighted by Crippen LogP contribution is -2.15. The maximum Gasteiger partial charge on any atom is 0.230 e. The molecule has 1 amide bonds. The Morgan fingerprint density at radius 3 is 2.71 bits per heavy atom. The number of nitrogens with zero attached hydrogens (tertiary/aromatic N) is 1. The molecule has 0 unspecified atom stereocenters. The van der Waals surface area contributed by atoms with Gasteiger partial charge in [0, 0.05) is 11.1 Å². The minimum Gasteiger partial charge on any atom is -0.496 e. The van der Waals surface area contributed by atoms with Gasteiger partial charge in [-0.3, -0.25) is 9.59 Å².